The van der Waals surface area contributed by atoms with Gasteiger partial charge in [0.05, 0.1) is 12.1 Å². The van der Waals surface area contributed by atoms with Crippen LogP contribution < -0.4 is 9.47 Å². The van der Waals surface area contributed by atoms with Crippen LogP contribution in [0.25, 0.3) is 6.08 Å². The number of carbonyl (C=O) groups excluding carboxylic acids is 1. The molecule has 0 unspecified atom stereocenters. The summed E-state index contributed by atoms with van der Waals surface area (Å²) < 4.78 is 24.1. The van der Waals surface area contributed by atoms with E-state index < -0.39 is 5.82 Å². The van der Waals surface area contributed by atoms with Crippen molar-refractivity contribution < 1.29 is 18.7 Å². The predicted molar refractivity (Wildman–Crippen MR) is 95.5 cm³/mol. The number of methoxy groups -OCH3 is 1. The van der Waals surface area contributed by atoms with Gasteiger partial charge >= 0.3 is 0 Å². The van der Waals surface area contributed by atoms with Gasteiger partial charge in [-0.15, -0.1) is 0 Å². The molecule has 1 fully saturated rings. The Morgan fingerprint density at radius 3 is 2.68 bits per heavy atom. The van der Waals surface area contributed by atoms with Crippen molar-refractivity contribution in [3.63, 3.8) is 0 Å². The molecular formula is C20H18ClFO3. The van der Waals surface area contributed by atoms with E-state index in [1.54, 1.807) is 19.3 Å². The molecule has 0 saturated heterocycles. The molecule has 25 heavy (non-hydrogen) atoms. The maximum absolute atomic E-state index is 13.1. The lowest BCUT2D eigenvalue weighted by Crippen LogP contribution is -2.00. The third kappa shape index (κ3) is 4.60. The summed E-state index contributed by atoms with van der Waals surface area (Å²) in [7, 11) is 1.58. The summed E-state index contributed by atoms with van der Waals surface area (Å²) in [5, 5.41) is 0.213. The monoisotopic (exact) mass is 360 g/mol. The molecule has 0 bridgehead atoms. The third-order valence-corrected chi connectivity index (χ3v) is 4.30. The van der Waals surface area contributed by atoms with Gasteiger partial charge in [-0.3, -0.25) is 4.79 Å². The van der Waals surface area contributed by atoms with Crippen molar-refractivity contribution in [1.29, 1.82) is 0 Å². The van der Waals surface area contributed by atoms with Crippen molar-refractivity contribution in [3.8, 4) is 11.5 Å². The van der Waals surface area contributed by atoms with E-state index in [1.165, 1.54) is 18.2 Å². The summed E-state index contributed by atoms with van der Waals surface area (Å²) in [4.78, 5) is 11.8. The summed E-state index contributed by atoms with van der Waals surface area (Å²) in [6, 6.07) is 9.59. The minimum atomic E-state index is -0.414. The Morgan fingerprint density at radius 2 is 2.00 bits per heavy atom. The minimum absolute atomic E-state index is 0.173. The lowest BCUT2D eigenvalue weighted by atomic mass is 10.1. The Bertz CT molecular complexity index is 813. The number of allylic oxidation sites excluding steroid dienone is 1. The van der Waals surface area contributed by atoms with Crippen molar-refractivity contribution in [2.24, 2.45) is 5.92 Å². The van der Waals surface area contributed by atoms with Crippen molar-refractivity contribution >= 4 is 23.5 Å². The molecule has 2 aromatic carbocycles. The van der Waals surface area contributed by atoms with E-state index >= 15 is 0 Å². The van der Waals surface area contributed by atoms with E-state index in [9.17, 15) is 9.18 Å². The van der Waals surface area contributed by atoms with Gasteiger partial charge in [0.25, 0.3) is 0 Å². The molecule has 1 saturated carbocycles. The smallest absolute Gasteiger partial charge is 0.158 e. The molecule has 0 N–H and O–H groups in total. The first-order valence-corrected chi connectivity index (χ1v) is 8.41. The number of halogens is 2. The van der Waals surface area contributed by atoms with Gasteiger partial charge in [0.15, 0.2) is 5.78 Å². The highest BCUT2D eigenvalue weighted by atomic mass is 35.5. The fourth-order valence-electron chi connectivity index (χ4n) is 2.45. The van der Waals surface area contributed by atoms with E-state index in [4.69, 9.17) is 21.1 Å². The standard InChI is InChI=1S/C20H18ClFO3/c1-24-19-8-3-13(2-7-18(23)14-4-5-14)10-15(19)12-25-20-9-6-16(22)11-17(20)21/h2-3,6-11,14H,4-5,12H2,1H3/b7-2+. The second-order valence-electron chi connectivity index (χ2n) is 5.94. The van der Waals surface area contributed by atoms with E-state index in [-0.39, 0.29) is 23.3 Å². The van der Waals surface area contributed by atoms with Gasteiger partial charge in [0.1, 0.15) is 23.9 Å². The zero-order chi connectivity index (χ0) is 17.8. The van der Waals surface area contributed by atoms with Crippen LogP contribution in [-0.4, -0.2) is 12.9 Å². The largest absolute Gasteiger partial charge is 0.496 e. The van der Waals surface area contributed by atoms with Crippen LogP contribution in [0, 0.1) is 11.7 Å². The SMILES string of the molecule is COc1ccc(/C=C/C(=O)C2CC2)cc1COc1ccc(F)cc1Cl. The molecule has 0 radical (unpaired) electrons. The van der Waals surface area contributed by atoms with E-state index in [1.807, 2.05) is 18.2 Å². The van der Waals surface area contributed by atoms with Crippen molar-refractivity contribution in [2.45, 2.75) is 19.4 Å². The molecule has 5 heteroatoms. The van der Waals surface area contributed by atoms with Gasteiger partial charge in [-0.25, -0.2) is 4.39 Å². The van der Waals surface area contributed by atoms with Gasteiger partial charge in [-0.2, -0.15) is 0 Å². The number of benzene rings is 2. The highest BCUT2D eigenvalue weighted by molar-refractivity contribution is 6.32. The van der Waals surface area contributed by atoms with E-state index in [0.29, 0.717) is 11.5 Å². The number of hydrogen-bond acceptors (Lipinski definition) is 3. The van der Waals surface area contributed by atoms with Crippen LogP contribution in [-0.2, 0) is 11.4 Å². The number of hydrogen-bond donors (Lipinski definition) is 0. The van der Waals surface area contributed by atoms with Crippen molar-refractivity contribution in [2.75, 3.05) is 7.11 Å². The first kappa shape index (κ1) is 17.5. The normalized spacial score (nSPS) is 13.9. The third-order valence-electron chi connectivity index (χ3n) is 4.00. The van der Waals surface area contributed by atoms with Gasteiger partial charge in [0, 0.05) is 11.5 Å². The summed E-state index contributed by atoms with van der Waals surface area (Å²) in [6.45, 7) is 0.215. The van der Waals surface area contributed by atoms with Crippen molar-refractivity contribution in [1.82, 2.24) is 0 Å². The molecule has 2 aromatic rings. The predicted octanol–water partition coefficient (Wildman–Crippen LogP) is 5.06. The van der Waals surface area contributed by atoms with Crippen LogP contribution in [0.3, 0.4) is 0 Å². The Labute approximate surface area is 151 Å². The maximum atomic E-state index is 13.1. The Hall–Kier alpha value is -2.33. The summed E-state index contributed by atoms with van der Waals surface area (Å²) in [5.74, 6) is 1.03. The first-order chi connectivity index (χ1) is 12.1. The van der Waals surface area contributed by atoms with Crippen LogP contribution in [0.2, 0.25) is 5.02 Å². The highest BCUT2D eigenvalue weighted by Crippen LogP contribution is 2.31. The Balaban J connectivity index is 1.74. The fourth-order valence-corrected chi connectivity index (χ4v) is 2.67. The molecule has 0 spiro atoms. The minimum Gasteiger partial charge on any atom is -0.496 e. The van der Waals surface area contributed by atoms with Gasteiger partial charge in [-0.1, -0.05) is 23.7 Å². The fraction of sp³-hybridized carbons (Fsp3) is 0.250. The van der Waals surface area contributed by atoms with Crippen LogP contribution in [0.1, 0.15) is 24.0 Å². The molecule has 3 nitrogen and oxygen atoms in total. The number of carbonyl (C=O) groups is 1. The topological polar surface area (TPSA) is 35.5 Å². The van der Waals surface area contributed by atoms with E-state index in [0.717, 1.165) is 24.0 Å². The van der Waals surface area contributed by atoms with Gasteiger partial charge in [0.2, 0.25) is 0 Å². The summed E-state index contributed by atoms with van der Waals surface area (Å²) in [5.41, 5.74) is 1.70. The molecule has 3 rings (SSSR count). The highest BCUT2D eigenvalue weighted by Gasteiger charge is 2.27. The zero-order valence-electron chi connectivity index (χ0n) is 13.8. The Kier molecular flexibility index (Phi) is 5.39. The quantitative estimate of drug-likeness (QED) is 0.647. The molecule has 0 aromatic heterocycles. The number of ether oxygens (including phenoxy) is 2. The number of rotatable bonds is 7. The second kappa shape index (κ2) is 7.70. The summed E-state index contributed by atoms with van der Waals surface area (Å²) in [6.07, 6.45) is 5.40. The average Bonchev–Trinajstić information content (AvgIpc) is 3.44. The molecule has 0 atom stereocenters. The van der Waals surface area contributed by atoms with E-state index in [2.05, 4.69) is 0 Å². The molecule has 0 heterocycles. The van der Waals surface area contributed by atoms with Crippen LogP contribution in [0.15, 0.2) is 42.5 Å². The first-order valence-electron chi connectivity index (χ1n) is 8.03. The maximum Gasteiger partial charge on any atom is 0.158 e. The van der Waals surface area contributed by atoms with Gasteiger partial charge < -0.3 is 9.47 Å². The molecule has 0 aliphatic heterocycles. The molecule has 0 amide bonds. The zero-order valence-corrected chi connectivity index (χ0v) is 14.6. The van der Waals surface area contributed by atoms with Crippen LogP contribution in [0.4, 0.5) is 4.39 Å². The molecule has 1 aliphatic rings. The Morgan fingerprint density at radius 1 is 1.24 bits per heavy atom. The lowest BCUT2D eigenvalue weighted by Gasteiger charge is -2.12. The molecule has 130 valence electrons. The summed E-state index contributed by atoms with van der Waals surface area (Å²) >= 11 is 5.98. The average molecular weight is 361 g/mol. The number of ketones is 1. The van der Waals surface area contributed by atoms with Crippen molar-refractivity contribution in [3.05, 3.63) is 64.4 Å². The van der Waals surface area contributed by atoms with Crippen LogP contribution >= 0.6 is 11.6 Å². The van der Waals surface area contributed by atoms with Crippen LogP contribution in [0.5, 0.6) is 11.5 Å². The van der Waals surface area contributed by atoms with Gasteiger partial charge in [-0.05, 0) is 54.8 Å². The molecule has 1 aliphatic carbocycles. The molecular weight excluding hydrogens is 343 g/mol. The second-order valence-corrected chi connectivity index (χ2v) is 6.35. The lowest BCUT2D eigenvalue weighted by molar-refractivity contribution is -0.115.